The molecule has 1 atom stereocenters. The van der Waals surface area contributed by atoms with Gasteiger partial charge in [0.2, 0.25) is 5.91 Å². The third kappa shape index (κ3) is 3.08. The Kier molecular flexibility index (Phi) is 4.32. The van der Waals surface area contributed by atoms with E-state index in [0.29, 0.717) is 6.42 Å². The molecule has 0 saturated carbocycles. The first-order valence-electron chi connectivity index (χ1n) is 8.56. The molecule has 3 heteroatoms. The number of hydrogen-bond donors (Lipinski definition) is 0. The second-order valence-corrected chi connectivity index (χ2v) is 6.86. The summed E-state index contributed by atoms with van der Waals surface area (Å²) in [7, 11) is 0. The number of benzene rings is 1. The van der Waals surface area contributed by atoms with E-state index in [-0.39, 0.29) is 11.4 Å². The predicted octanol–water partition coefficient (Wildman–Crippen LogP) is 3.60. The number of fused-ring (bicyclic) bond motifs is 1. The maximum Gasteiger partial charge on any atom is 0.228 e. The minimum Gasteiger partial charge on any atom is -0.342 e. The minimum absolute atomic E-state index is 0.0636. The Labute approximate surface area is 133 Å². The number of carbonyl (C=O) groups is 1. The minimum atomic E-state index is -0.0636. The van der Waals surface area contributed by atoms with Crippen LogP contribution in [0.25, 0.3) is 0 Å². The summed E-state index contributed by atoms with van der Waals surface area (Å²) >= 11 is 0. The Morgan fingerprint density at radius 2 is 1.95 bits per heavy atom. The van der Waals surface area contributed by atoms with Crippen LogP contribution in [0, 0.1) is 0 Å². The summed E-state index contributed by atoms with van der Waals surface area (Å²) in [6.45, 7) is 6.22. The monoisotopic (exact) mass is 298 g/mol. The van der Waals surface area contributed by atoms with Crippen molar-refractivity contribution in [3.63, 3.8) is 0 Å². The van der Waals surface area contributed by atoms with Gasteiger partial charge in [-0.1, -0.05) is 31.2 Å². The fraction of sp³-hybridized carbons (Fsp3) is 0.579. The number of amides is 1. The molecule has 1 saturated heterocycles. The van der Waals surface area contributed by atoms with Crippen molar-refractivity contribution in [1.82, 2.24) is 4.90 Å². The first kappa shape index (κ1) is 15.3. The van der Waals surface area contributed by atoms with Crippen LogP contribution in [0.15, 0.2) is 29.3 Å². The average molecular weight is 298 g/mol. The molecule has 0 aliphatic carbocycles. The van der Waals surface area contributed by atoms with Crippen molar-refractivity contribution in [2.75, 3.05) is 13.1 Å². The Morgan fingerprint density at radius 3 is 2.68 bits per heavy atom. The molecule has 0 N–H and O–H groups in total. The van der Waals surface area contributed by atoms with Crippen LogP contribution in [0.1, 0.15) is 57.1 Å². The molecule has 0 spiro atoms. The maximum absolute atomic E-state index is 12.6. The molecule has 2 heterocycles. The number of carbonyl (C=O) groups excluding carboxylic acids is 1. The molecule has 3 nitrogen and oxygen atoms in total. The molecule has 1 aromatic rings. The molecule has 22 heavy (non-hydrogen) atoms. The van der Waals surface area contributed by atoms with E-state index in [1.54, 1.807) is 0 Å². The molecule has 2 aliphatic rings. The van der Waals surface area contributed by atoms with E-state index in [4.69, 9.17) is 4.99 Å². The van der Waals surface area contributed by atoms with Gasteiger partial charge in [-0.05, 0) is 50.2 Å². The second-order valence-electron chi connectivity index (χ2n) is 6.86. The van der Waals surface area contributed by atoms with Crippen LogP contribution in [-0.2, 0) is 11.2 Å². The van der Waals surface area contributed by atoms with Gasteiger partial charge in [-0.15, -0.1) is 0 Å². The molecular weight excluding hydrogens is 272 g/mol. The predicted molar refractivity (Wildman–Crippen MR) is 90.4 cm³/mol. The van der Waals surface area contributed by atoms with E-state index in [1.165, 1.54) is 17.5 Å². The smallest absolute Gasteiger partial charge is 0.228 e. The molecule has 3 rings (SSSR count). The number of hydrogen-bond acceptors (Lipinski definition) is 2. The van der Waals surface area contributed by atoms with E-state index in [2.05, 4.69) is 32.0 Å². The molecule has 0 bridgehead atoms. The zero-order valence-corrected chi connectivity index (χ0v) is 13.8. The number of rotatable bonds is 3. The maximum atomic E-state index is 12.6. The highest BCUT2D eigenvalue weighted by Crippen LogP contribution is 2.30. The lowest BCUT2D eigenvalue weighted by Crippen LogP contribution is -2.38. The number of nitrogens with zero attached hydrogens (tertiary/aromatic N) is 2. The summed E-state index contributed by atoms with van der Waals surface area (Å²) in [5, 5.41) is 0. The summed E-state index contributed by atoms with van der Waals surface area (Å²) in [4.78, 5) is 19.6. The third-order valence-electron chi connectivity index (χ3n) is 5.09. The quantitative estimate of drug-likeness (QED) is 0.839. The highest BCUT2D eigenvalue weighted by atomic mass is 16.2. The Balaban J connectivity index is 1.84. The van der Waals surface area contributed by atoms with Gasteiger partial charge < -0.3 is 4.90 Å². The van der Waals surface area contributed by atoms with Crippen molar-refractivity contribution in [2.45, 2.75) is 57.9 Å². The number of piperidine rings is 1. The zero-order chi connectivity index (χ0) is 15.6. The van der Waals surface area contributed by atoms with Gasteiger partial charge in [-0.3, -0.25) is 9.79 Å². The van der Waals surface area contributed by atoms with E-state index in [1.807, 2.05) is 11.0 Å². The third-order valence-corrected chi connectivity index (χ3v) is 5.09. The van der Waals surface area contributed by atoms with Gasteiger partial charge in [0.05, 0.1) is 17.7 Å². The van der Waals surface area contributed by atoms with E-state index < -0.39 is 0 Å². The lowest BCUT2D eigenvalue weighted by Gasteiger charge is -2.33. The normalized spacial score (nSPS) is 24.6. The molecule has 0 aromatic heterocycles. The number of likely N-dealkylation sites (tertiary alicyclic amines) is 1. The summed E-state index contributed by atoms with van der Waals surface area (Å²) in [6.07, 6.45) is 5.96. The van der Waals surface area contributed by atoms with Crippen LogP contribution in [0.2, 0.25) is 0 Å². The molecule has 2 aliphatic heterocycles. The molecule has 118 valence electrons. The van der Waals surface area contributed by atoms with Gasteiger partial charge in [0.15, 0.2) is 0 Å². The lowest BCUT2D eigenvalue weighted by atomic mass is 9.83. The molecule has 1 aromatic carbocycles. The van der Waals surface area contributed by atoms with Gasteiger partial charge in [0.25, 0.3) is 0 Å². The molecule has 1 fully saturated rings. The highest BCUT2D eigenvalue weighted by Gasteiger charge is 2.30. The molecule has 1 amide bonds. The van der Waals surface area contributed by atoms with E-state index >= 15 is 0 Å². The largest absolute Gasteiger partial charge is 0.342 e. The van der Waals surface area contributed by atoms with Gasteiger partial charge in [0, 0.05) is 13.1 Å². The average Bonchev–Trinajstić information content (AvgIpc) is 2.55. The summed E-state index contributed by atoms with van der Waals surface area (Å²) in [6, 6.07) is 8.44. The van der Waals surface area contributed by atoms with Gasteiger partial charge >= 0.3 is 0 Å². The van der Waals surface area contributed by atoms with Gasteiger partial charge in [-0.2, -0.15) is 0 Å². The fourth-order valence-corrected chi connectivity index (χ4v) is 3.53. The van der Waals surface area contributed by atoms with Crippen LogP contribution in [0.3, 0.4) is 0 Å². The Morgan fingerprint density at radius 1 is 1.23 bits per heavy atom. The van der Waals surface area contributed by atoms with Crippen molar-refractivity contribution in [2.24, 2.45) is 4.99 Å². The highest BCUT2D eigenvalue weighted by molar-refractivity contribution is 6.12. The summed E-state index contributed by atoms with van der Waals surface area (Å²) in [5.74, 6) is 0.244. The van der Waals surface area contributed by atoms with Crippen LogP contribution >= 0.6 is 0 Å². The van der Waals surface area contributed by atoms with Crippen molar-refractivity contribution in [3.05, 3.63) is 35.4 Å². The SMILES string of the molecule is CC[C@]1(C)Cc2ccccc2C(CC(=O)N2CCCCC2)=N1. The Hall–Kier alpha value is -1.64. The summed E-state index contributed by atoms with van der Waals surface area (Å²) in [5.41, 5.74) is 3.44. The van der Waals surface area contributed by atoms with Crippen molar-refractivity contribution in [1.29, 1.82) is 0 Å². The fourth-order valence-electron chi connectivity index (χ4n) is 3.53. The molecular formula is C19H26N2O. The Bertz CT molecular complexity index is 587. The van der Waals surface area contributed by atoms with Gasteiger partial charge in [0.1, 0.15) is 0 Å². The standard InChI is InChI=1S/C19H26N2O/c1-3-19(2)14-15-9-5-6-10-16(15)17(20-19)13-18(22)21-11-7-4-8-12-21/h5-6,9-10H,3-4,7-8,11-14H2,1-2H3/t19-/m1/s1. The first-order chi connectivity index (χ1) is 10.6. The van der Waals surface area contributed by atoms with Crippen LogP contribution in [0.4, 0.5) is 0 Å². The van der Waals surface area contributed by atoms with Crippen molar-refractivity contribution < 1.29 is 4.79 Å². The topological polar surface area (TPSA) is 32.7 Å². The van der Waals surface area contributed by atoms with Crippen molar-refractivity contribution >= 4 is 11.6 Å². The molecule has 0 unspecified atom stereocenters. The zero-order valence-electron chi connectivity index (χ0n) is 13.8. The second kappa shape index (κ2) is 6.23. The summed E-state index contributed by atoms with van der Waals surface area (Å²) < 4.78 is 0. The van der Waals surface area contributed by atoms with E-state index in [9.17, 15) is 4.79 Å². The van der Waals surface area contributed by atoms with E-state index in [0.717, 1.165) is 44.5 Å². The van der Waals surface area contributed by atoms with Gasteiger partial charge in [-0.25, -0.2) is 0 Å². The van der Waals surface area contributed by atoms with Crippen LogP contribution in [0.5, 0.6) is 0 Å². The lowest BCUT2D eigenvalue weighted by molar-refractivity contribution is -0.130. The first-order valence-corrected chi connectivity index (χ1v) is 8.56. The van der Waals surface area contributed by atoms with Crippen LogP contribution in [-0.4, -0.2) is 35.1 Å². The van der Waals surface area contributed by atoms with Crippen LogP contribution < -0.4 is 0 Å². The molecule has 0 radical (unpaired) electrons. The van der Waals surface area contributed by atoms with Crippen molar-refractivity contribution in [3.8, 4) is 0 Å². The number of aliphatic imine (C=N–C) groups is 1.